The third-order valence-corrected chi connectivity index (χ3v) is 4.16. The standard InChI is InChI=1S/C12H23NO9/c14-1-5-8(17)9(18)7(13-5)6(16)2-21-11-10(19)12(20,3-15)4-22-11/h5-11,13-20H,1-4H2. The summed E-state index contributed by atoms with van der Waals surface area (Å²) in [6, 6.07) is -1.69. The van der Waals surface area contributed by atoms with E-state index >= 15 is 0 Å². The molecule has 2 heterocycles. The number of ether oxygens (including phenoxy) is 2. The van der Waals surface area contributed by atoms with Gasteiger partial charge in [-0.1, -0.05) is 0 Å². The second kappa shape index (κ2) is 7.01. The number of hydrogen-bond acceptors (Lipinski definition) is 10. The Balaban J connectivity index is 1.85. The molecule has 0 amide bonds. The number of nitrogens with one attached hydrogen (secondary N) is 1. The third-order valence-electron chi connectivity index (χ3n) is 4.16. The Bertz CT molecular complexity index is 373. The third kappa shape index (κ3) is 3.26. The molecule has 130 valence electrons. The van der Waals surface area contributed by atoms with Crippen LogP contribution < -0.4 is 5.32 Å². The molecule has 2 rings (SSSR count). The lowest BCUT2D eigenvalue weighted by molar-refractivity contribution is -0.177. The van der Waals surface area contributed by atoms with Gasteiger partial charge in [0.25, 0.3) is 0 Å². The van der Waals surface area contributed by atoms with Crippen LogP contribution in [0.1, 0.15) is 0 Å². The first-order chi connectivity index (χ1) is 10.3. The fourth-order valence-electron chi connectivity index (χ4n) is 2.63. The van der Waals surface area contributed by atoms with Crippen LogP contribution in [-0.4, -0.2) is 111 Å². The fraction of sp³-hybridized carbons (Fsp3) is 1.00. The number of aliphatic hydroxyl groups is 7. The predicted molar refractivity (Wildman–Crippen MR) is 69.6 cm³/mol. The van der Waals surface area contributed by atoms with Gasteiger partial charge in [-0.05, 0) is 0 Å². The summed E-state index contributed by atoms with van der Waals surface area (Å²) in [5.74, 6) is 0. The summed E-state index contributed by atoms with van der Waals surface area (Å²) in [5.41, 5.74) is -1.82. The van der Waals surface area contributed by atoms with Crippen LogP contribution in [0.5, 0.6) is 0 Å². The van der Waals surface area contributed by atoms with Crippen LogP contribution in [0.4, 0.5) is 0 Å². The Hall–Kier alpha value is -0.400. The molecular weight excluding hydrogens is 302 g/mol. The largest absolute Gasteiger partial charge is 0.395 e. The Morgan fingerprint density at radius 1 is 1.23 bits per heavy atom. The highest BCUT2D eigenvalue weighted by Crippen LogP contribution is 2.26. The minimum Gasteiger partial charge on any atom is -0.395 e. The van der Waals surface area contributed by atoms with Crippen molar-refractivity contribution >= 4 is 0 Å². The van der Waals surface area contributed by atoms with E-state index in [9.17, 15) is 25.5 Å². The maximum Gasteiger partial charge on any atom is 0.186 e. The molecule has 8 atom stereocenters. The zero-order valence-electron chi connectivity index (χ0n) is 11.8. The summed E-state index contributed by atoms with van der Waals surface area (Å²) < 4.78 is 10.2. The SMILES string of the molecule is OCC1NC(C(O)COC2OCC(O)(CO)C2O)C(O)C1O. The molecule has 0 bridgehead atoms. The Morgan fingerprint density at radius 3 is 2.41 bits per heavy atom. The average Bonchev–Trinajstić information content (AvgIpc) is 2.96. The van der Waals surface area contributed by atoms with E-state index in [0.29, 0.717) is 0 Å². The number of rotatable bonds is 6. The molecule has 0 aromatic carbocycles. The molecule has 0 radical (unpaired) electrons. The van der Waals surface area contributed by atoms with Crippen molar-refractivity contribution in [2.45, 2.75) is 48.4 Å². The molecule has 22 heavy (non-hydrogen) atoms. The van der Waals surface area contributed by atoms with Gasteiger partial charge in [0.05, 0.1) is 56.8 Å². The van der Waals surface area contributed by atoms with E-state index in [2.05, 4.69) is 5.32 Å². The molecule has 10 heteroatoms. The van der Waals surface area contributed by atoms with E-state index in [1.54, 1.807) is 0 Å². The normalized spacial score (nSPS) is 47.0. The van der Waals surface area contributed by atoms with Crippen LogP contribution in [0.25, 0.3) is 0 Å². The molecule has 2 aliphatic heterocycles. The molecule has 2 fully saturated rings. The lowest BCUT2D eigenvalue weighted by Crippen LogP contribution is -2.49. The van der Waals surface area contributed by atoms with Gasteiger partial charge in [0.15, 0.2) is 6.29 Å². The van der Waals surface area contributed by atoms with Crippen LogP contribution in [0.2, 0.25) is 0 Å². The first-order valence-electron chi connectivity index (χ1n) is 6.99. The van der Waals surface area contributed by atoms with Gasteiger partial charge in [-0.3, -0.25) is 0 Å². The van der Waals surface area contributed by atoms with Gasteiger partial charge in [0, 0.05) is 0 Å². The smallest absolute Gasteiger partial charge is 0.186 e. The van der Waals surface area contributed by atoms with Gasteiger partial charge in [0.2, 0.25) is 0 Å². The molecule has 2 aliphatic rings. The highest BCUT2D eigenvalue weighted by atomic mass is 16.7. The van der Waals surface area contributed by atoms with Gasteiger partial charge in [0.1, 0.15) is 11.7 Å². The maximum absolute atomic E-state index is 10.00. The molecule has 0 aromatic rings. The predicted octanol–water partition coefficient (Wildman–Crippen LogP) is -5.14. The topological polar surface area (TPSA) is 172 Å². The van der Waals surface area contributed by atoms with E-state index in [1.165, 1.54) is 0 Å². The van der Waals surface area contributed by atoms with Crippen molar-refractivity contribution in [3.05, 3.63) is 0 Å². The molecule has 0 aromatic heterocycles. The van der Waals surface area contributed by atoms with Crippen molar-refractivity contribution in [1.29, 1.82) is 0 Å². The summed E-state index contributed by atoms with van der Waals surface area (Å²) in [7, 11) is 0. The van der Waals surface area contributed by atoms with Gasteiger partial charge in [-0.15, -0.1) is 0 Å². The van der Waals surface area contributed by atoms with Crippen LogP contribution in [-0.2, 0) is 9.47 Å². The van der Waals surface area contributed by atoms with Crippen LogP contribution in [0.3, 0.4) is 0 Å². The van der Waals surface area contributed by atoms with E-state index in [0.717, 1.165) is 0 Å². The number of hydrogen-bond donors (Lipinski definition) is 8. The Labute approximate surface area is 126 Å². The van der Waals surface area contributed by atoms with Gasteiger partial charge in [-0.2, -0.15) is 0 Å². The Morgan fingerprint density at radius 2 is 1.91 bits per heavy atom. The molecule has 2 saturated heterocycles. The minimum absolute atomic E-state index is 0.318. The summed E-state index contributed by atoms with van der Waals surface area (Å²) in [4.78, 5) is 0. The highest BCUT2D eigenvalue weighted by Gasteiger charge is 2.49. The molecule has 0 aliphatic carbocycles. The minimum atomic E-state index is -1.82. The van der Waals surface area contributed by atoms with Crippen molar-refractivity contribution in [1.82, 2.24) is 5.32 Å². The van der Waals surface area contributed by atoms with Gasteiger partial charge >= 0.3 is 0 Å². The zero-order chi connectivity index (χ0) is 16.5. The van der Waals surface area contributed by atoms with Crippen molar-refractivity contribution in [2.24, 2.45) is 0 Å². The van der Waals surface area contributed by atoms with Crippen LogP contribution >= 0.6 is 0 Å². The molecule has 8 unspecified atom stereocenters. The lowest BCUT2D eigenvalue weighted by atomic mass is 10.0. The molecule has 8 N–H and O–H groups in total. The van der Waals surface area contributed by atoms with Crippen molar-refractivity contribution < 1.29 is 45.2 Å². The van der Waals surface area contributed by atoms with Gasteiger partial charge in [-0.25, -0.2) is 0 Å². The Kier molecular flexibility index (Phi) is 5.72. The zero-order valence-corrected chi connectivity index (χ0v) is 11.8. The molecule has 0 spiro atoms. The van der Waals surface area contributed by atoms with E-state index in [4.69, 9.17) is 19.7 Å². The van der Waals surface area contributed by atoms with Crippen molar-refractivity contribution in [3.63, 3.8) is 0 Å². The van der Waals surface area contributed by atoms with Gasteiger partial charge < -0.3 is 50.5 Å². The van der Waals surface area contributed by atoms with E-state index in [1.807, 2.05) is 0 Å². The average molecular weight is 325 g/mol. The first-order valence-corrected chi connectivity index (χ1v) is 6.99. The maximum atomic E-state index is 10.00. The highest BCUT2D eigenvalue weighted by molar-refractivity contribution is 5.01. The van der Waals surface area contributed by atoms with E-state index in [-0.39, 0.29) is 13.2 Å². The number of aliphatic hydroxyl groups excluding tert-OH is 6. The second-order valence-electron chi connectivity index (χ2n) is 5.75. The monoisotopic (exact) mass is 325 g/mol. The summed E-state index contributed by atoms with van der Waals surface area (Å²) in [6.45, 7) is -1.79. The van der Waals surface area contributed by atoms with Crippen molar-refractivity contribution in [3.8, 4) is 0 Å². The second-order valence-corrected chi connectivity index (χ2v) is 5.75. The summed E-state index contributed by atoms with van der Waals surface area (Å²) >= 11 is 0. The molecule has 0 saturated carbocycles. The molecule has 10 nitrogen and oxygen atoms in total. The quantitative estimate of drug-likeness (QED) is 0.236. The van der Waals surface area contributed by atoms with E-state index < -0.39 is 61.6 Å². The van der Waals surface area contributed by atoms with Crippen LogP contribution in [0.15, 0.2) is 0 Å². The lowest BCUT2D eigenvalue weighted by Gasteiger charge is -2.26. The summed E-state index contributed by atoms with van der Waals surface area (Å²) in [5, 5.41) is 69.7. The fourth-order valence-corrected chi connectivity index (χ4v) is 2.63. The van der Waals surface area contributed by atoms with Crippen LogP contribution in [0, 0.1) is 0 Å². The summed E-state index contributed by atoms with van der Waals surface area (Å²) in [6.07, 6.45) is -6.48. The first kappa shape index (κ1) is 17.9. The molecular formula is C12H23NO9. The van der Waals surface area contributed by atoms with Crippen molar-refractivity contribution in [2.75, 3.05) is 26.4 Å².